The van der Waals surface area contributed by atoms with Crippen LogP contribution >= 0.6 is 15.6 Å². The van der Waals surface area contributed by atoms with Crippen molar-refractivity contribution in [1.29, 1.82) is 0 Å². The highest BCUT2D eigenvalue weighted by atomic mass is 31.2. The van der Waals surface area contributed by atoms with Gasteiger partial charge in [-0.1, -0.05) is 325 Å². The first kappa shape index (κ1) is 92.1. The monoisotopic (exact) mass is 1380 g/mol. The number of aliphatic hydroxyl groups is 1. The fraction of sp³-hybridized carbons (Fsp3) is 0.947. The van der Waals surface area contributed by atoms with Crippen molar-refractivity contribution in [2.45, 2.75) is 395 Å². The molecule has 3 N–H and O–H groups in total. The summed E-state index contributed by atoms with van der Waals surface area (Å²) in [7, 11) is -9.91. The van der Waals surface area contributed by atoms with Crippen molar-refractivity contribution in [3.63, 3.8) is 0 Å². The summed E-state index contributed by atoms with van der Waals surface area (Å²) in [6.45, 7) is 14.2. The van der Waals surface area contributed by atoms with Crippen molar-refractivity contribution in [2.24, 2.45) is 23.7 Å². The molecule has 0 aliphatic carbocycles. The van der Waals surface area contributed by atoms with E-state index in [4.69, 9.17) is 37.0 Å². The van der Waals surface area contributed by atoms with E-state index in [0.29, 0.717) is 25.7 Å². The maximum absolute atomic E-state index is 13.1. The number of carbonyl (C=O) groups is 4. The lowest BCUT2D eigenvalue weighted by Gasteiger charge is -2.21. The summed E-state index contributed by atoms with van der Waals surface area (Å²) >= 11 is 0. The number of ether oxygens (including phenoxy) is 4. The normalized spacial score (nSPS) is 14.7. The van der Waals surface area contributed by atoms with Crippen LogP contribution in [0, 0.1) is 23.7 Å². The van der Waals surface area contributed by atoms with Crippen LogP contribution in [0.3, 0.4) is 0 Å². The molecule has 0 aromatic carbocycles. The van der Waals surface area contributed by atoms with E-state index in [1.807, 2.05) is 0 Å². The van der Waals surface area contributed by atoms with Crippen molar-refractivity contribution < 1.29 is 80.2 Å². The second kappa shape index (κ2) is 64.4. The molecular weight excluding hydrogens is 1230 g/mol. The number of hydrogen-bond acceptors (Lipinski definition) is 15. The standard InChI is InChI=1S/C75H146O17P2/c1-9-67(7)53-45-37-29-23-17-13-11-12-14-18-24-31-41-49-57-74(79)91-70(61-85-72(77)55-47-39-30-26-20-22-28-36-44-52-66(5)6)63-89-93(81,82)87-59-69(76)60-88-94(83,84)90-64-71(62-86-73(78)56-48-40-34-33-38-46-54-68(8)10-2)92-75(80)58-50-42-32-25-19-15-16-21-27-35-43-51-65(3)4/h65-71,76H,9-64H2,1-8H3,(H,81,82)(H,83,84)/t67?,68?,69-,70-,71-/m1/s1. The predicted octanol–water partition coefficient (Wildman–Crippen LogP) is 21.7. The molecular formula is C75H146O17P2. The van der Waals surface area contributed by atoms with Gasteiger partial charge in [0.15, 0.2) is 12.2 Å². The van der Waals surface area contributed by atoms with Gasteiger partial charge in [-0.25, -0.2) is 9.13 Å². The molecule has 4 unspecified atom stereocenters. The third-order valence-corrected chi connectivity index (χ3v) is 19.9. The van der Waals surface area contributed by atoms with Crippen molar-refractivity contribution >= 4 is 39.5 Å². The molecule has 0 radical (unpaired) electrons. The van der Waals surface area contributed by atoms with Crippen molar-refractivity contribution in [1.82, 2.24) is 0 Å². The van der Waals surface area contributed by atoms with Gasteiger partial charge in [0.2, 0.25) is 0 Å². The second-order valence-corrected chi connectivity index (χ2v) is 31.4. The van der Waals surface area contributed by atoms with Gasteiger partial charge in [0.05, 0.1) is 26.4 Å². The molecule has 0 fully saturated rings. The number of esters is 4. The van der Waals surface area contributed by atoms with Gasteiger partial charge < -0.3 is 33.8 Å². The summed E-state index contributed by atoms with van der Waals surface area (Å²) in [6.07, 6.45) is 48.5. The number of phosphoric ester groups is 2. The van der Waals surface area contributed by atoms with Crippen LogP contribution in [-0.4, -0.2) is 96.7 Å². The highest BCUT2D eigenvalue weighted by molar-refractivity contribution is 7.47. The predicted molar refractivity (Wildman–Crippen MR) is 381 cm³/mol. The smallest absolute Gasteiger partial charge is 0.462 e. The maximum Gasteiger partial charge on any atom is 0.472 e. The zero-order chi connectivity index (χ0) is 69.6. The van der Waals surface area contributed by atoms with Gasteiger partial charge in [-0.2, -0.15) is 0 Å². The number of carbonyl (C=O) groups excluding carboxylic acids is 4. The van der Waals surface area contributed by atoms with Crippen LogP contribution in [0.1, 0.15) is 376 Å². The van der Waals surface area contributed by atoms with Gasteiger partial charge >= 0.3 is 39.5 Å². The molecule has 0 aromatic rings. The SMILES string of the molecule is CCC(C)CCCCCCCCCCCCCCCCC(=O)O[C@H](COC(=O)CCCCCCCCCCCC(C)C)COP(=O)(O)OC[C@@H](O)COP(=O)(O)OC[C@@H](COC(=O)CCCCCCCCC(C)CC)OC(=O)CCCCCCCCCCCCCC(C)C. The van der Waals surface area contributed by atoms with Crippen LogP contribution < -0.4 is 0 Å². The van der Waals surface area contributed by atoms with E-state index < -0.39 is 97.5 Å². The second-order valence-electron chi connectivity index (χ2n) is 28.5. The Labute approximate surface area is 575 Å². The largest absolute Gasteiger partial charge is 0.472 e. The molecule has 0 saturated carbocycles. The molecule has 0 saturated heterocycles. The summed E-state index contributed by atoms with van der Waals surface area (Å²) in [5.41, 5.74) is 0. The Bertz CT molecular complexity index is 1850. The molecule has 17 nitrogen and oxygen atoms in total. The summed E-state index contributed by atoms with van der Waals surface area (Å²) < 4.78 is 68.5. The molecule has 0 heterocycles. The first-order chi connectivity index (χ1) is 45.2. The average Bonchev–Trinajstić information content (AvgIpc) is 2.90. The van der Waals surface area contributed by atoms with E-state index in [1.165, 1.54) is 173 Å². The Morgan fingerprint density at radius 3 is 0.755 bits per heavy atom. The average molecular weight is 1380 g/mol. The van der Waals surface area contributed by atoms with Crippen LogP contribution in [0.15, 0.2) is 0 Å². The molecule has 19 heteroatoms. The van der Waals surface area contributed by atoms with Gasteiger partial charge in [0.1, 0.15) is 19.3 Å². The zero-order valence-electron chi connectivity index (χ0n) is 61.6. The maximum atomic E-state index is 13.1. The molecule has 0 rings (SSSR count). The summed E-state index contributed by atoms with van der Waals surface area (Å²) in [5.74, 6) is 0.963. The van der Waals surface area contributed by atoms with E-state index in [2.05, 4.69) is 55.4 Å². The van der Waals surface area contributed by atoms with Crippen LogP contribution in [0.4, 0.5) is 0 Å². The van der Waals surface area contributed by atoms with Crippen molar-refractivity contribution in [3.8, 4) is 0 Å². The number of rotatable bonds is 72. The number of unbranched alkanes of at least 4 members (excludes halogenated alkanes) is 36. The lowest BCUT2D eigenvalue weighted by Crippen LogP contribution is -2.30. The fourth-order valence-electron chi connectivity index (χ4n) is 11.3. The lowest BCUT2D eigenvalue weighted by atomic mass is 9.99. The van der Waals surface area contributed by atoms with E-state index in [1.54, 1.807) is 0 Å². The first-order valence-electron chi connectivity index (χ1n) is 38.8. The Morgan fingerprint density at radius 1 is 0.298 bits per heavy atom. The van der Waals surface area contributed by atoms with Gasteiger partial charge in [-0.05, 0) is 49.4 Å². The third-order valence-electron chi connectivity index (χ3n) is 18.0. The number of aliphatic hydroxyl groups excluding tert-OH is 1. The van der Waals surface area contributed by atoms with Gasteiger partial charge in [0.25, 0.3) is 0 Å². The zero-order valence-corrected chi connectivity index (χ0v) is 63.4. The quantitative estimate of drug-likeness (QED) is 0.0222. The van der Waals surface area contributed by atoms with E-state index >= 15 is 0 Å². The van der Waals surface area contributed by atoms with Crippen molar-refractivity contribution in [2.75, 3.05) is 39.6 Å². The number of phosphoric acid groups is 2. The highest BCUT2D eigenvalue weighted by Crippen LogP contribution is 2.45. The van der Waals surface area contributed by atoms with Crippen LogP contribution in [0.25, 0.3) is 0 Å². The molecule has 0 amide bonds. The summed E-state index contributed by atoms with van der Waals surface area (Å²) in [4.78, 5) is 72.8. The van der Waals surface area contributed by atoms with Crippen molar-refractivity contribution in [3.05, 3.63) is 0 Å². The molecule has 558 valence electrons. The van der Waals surface area contributed by atoms with Gasteiger partial charge in [-0.3, -0.25) is 37.3 Å². The van der Waals surface area contributed by atoms with Crippen LogP contribution in [0.2, 0.25) is 0 Å². The Balaban J connectivity index is 5.25. The summed E-state index contributed by atoms with van der Waals surface area (Å²) in [5, 5.41) is 10.6. The highest BCUT2D eigenvalue weighted by Gasteiger charge is 2.30. The molecule has 0 aliphatic rings. The van der Waals surface area contributed by atoms with Gasteiger partial charge in [0, 0.05) is 25.7 Å². The lowest BCUT2D eigenvalue weighted by molar-refractivity contribution is -0.161. The molecule has 0 aromatic heterocycles. The minimum atomic E-state index is -4.96. The van der Waals surface area contributed by atoms with E-state index in [-0.39, 0.29) is 25.7 Å². The van der Waals surface area contributed by atoms with E-state index in [9.17, 15) is 43.2 Å². The summed E-state index contributed by atoms with van der Waals surface area (Å²) in [6, 6.07) is 0. The molecule has 0 bridgehead atoms. The molecule has 0 spiro atoms. The third kappa shape index (κ3) is 66.0. The van der Waals surface area contributed by atoms with Crippen LogP contribution in [-0.2, 0) is 65.4 Å². The Kier molecular flexibility index (Phi) is 63.1. The Morgan fingerprint density at radius 2 is 0.511 bits per heavy atom. The topological polar surface area (TPSA) is 237 Å². The Hall–Kier alpha value is -1.94. The molecule has 0 aliphatic heterocycles. The molecule has 7 atom stereocenters. The van der Waals surface area contributed by atoms with Crippen LogP contribution in [0.5, 0.6) is 0 Å². The van der Waals surface area contributed by atoms with Gasteiger partial charge in [-0.15, -0.1) is 0 Å². The number of hydrogen-bond donors (Lipinski definition) is 3. The first-order valence-corrected chi connectivity index (χ1v) is 41.8. The fourth-order valence-corrected chi connectivity index (χ4v) is 12.9. The minimum Gasteiger partial charge on any atom is -0.462 e. The van der Waals surface area contributed by atoms with E-state index in [0.717, 1.165) is 120 Å². The minimum absolute atomic E-state index is 0.105. The molecule has 94 heavy (non-hydrogen) atoms.